The first-order chi connectivity index (χ1) is 7.91. The first-order valence-corrected chi connectivity index (χ1v) is 4.54. The van der Waals surface area contributed by atoms with Crippen molar-refractivity contribution in [3.63, 3.8) is 0 Å². The Labute approximate surface area is 97.2 Å². The van der Waals surface area contributed by atoms with E-state index in [1.54, 1.807) is 0 Å². The van der Waals surface area contributed by atoms with E-state index < -0.39 is 50.2 Å². The molecule has 0 rings (SSSR count). The molecule has 0 aromatic heterocycles. The van der Waals surface area contributed by atoms with Crippen LogP contribution in [0.5, 0.6) is 0 Å². The fourth-order valence-electron chi connectivity index (χ4n) is 1.02. The average Bonchev–Trinajstić information content (AvgIpc) is 2.08. The van der Waals surface area contributed by atoms with Gasteiger partial charge in [0.15, 0.2) is 0 Å². The van der Waals surface area contributed by atoms with Crippen molar-refractivity contribution in [2.45, 2.75) is 25.2 Å². The lowest BCUT2D eigenvalue weighted by Crippen LogP contribution is -2.42. The van der Waals surface area contributed by atoms with E-state index in [1.165, 1.54) is 0 Å². The second-order valence-corrected chi connectivity index (χ2v) is 3.37. The summed E-state index contributed by atoms with van der Waals surface area (Å²) in [6, 6.07) is 0. The van der Waals surface area contributed by atoms with Gasteiger partial charge in [-0.25, -0.2) is 0 Å². The molecular weight excluding hydrogens is 272 g/mol. The van der Waals surface area contributed by atoms with E-state index in [-0.39, 0.29) is 4.90 Å². The predicted octanol–water partition coefficient (Wildman–Crippen LogP) is 1.80. The summed E-state index contributed by atoms with van der Waals surface area (Å²) in [5.74, 6) is -3.24. The molecule has 0 aromatic rings. The van der Waals surface area contributed by atoms with Gasteiger partial charge in [0.2, 0.25) is 5.91 Å². The topological polar surface area (TPSA) is 57.6 Å². The number of hydrogen-bond donors (Lipinski definition) is 1. The van der Waals surface area contributed by atoms with Gasteiger partial charge in [-0.05, 0) is 0 Å². The molecular formula is C8H9F6NO3. The zero-order valence-corrected chi connectivity index (χ0v) is 8.81. The molecule has 10 heteroatoms. The maximum atomic E-state index is 12.0. The lowest BCUT2D eigenvalue weighted by molar-refractivity contribution is -0.169. The third-order valence-electron chi connectivity index (χ3n) is 1.67. The number of halogens is 6. The van der Waals surface area contributed by atoms with E-state index in [2.05, 4.69) is 0 Å². The van der Waals surface area contributed by atoms with Crippen LogP contribution in [0.1, 0.15) is 12.8 Å². The summed E-state index contributed by atoms with van der Waals surface area (Å²) in [5.41, 5.74) is 0. The van der Waals surface area contributed by atoms with Crippen LogP contribution in [0.25, 0.3) is 0 Å². The molecule has 0 aromatic carbocycles. The van der Waals surface area contributed by atoms with E-state index in [0.717, 1.165) is 0 Å². The van der Waals surface area contributed by atoms with Crippen molar-refractivity contribution in [1.82, 2.24) is 4.90 Å². The van der Waals surface area contributed by atoms with Gasteiger partial charge < -0.3 is 10.0 Å². The summed E-state index contributed by atoms with van der Waals surface area (Å²) in [5, 5.41) is 8.27. The second kappa shape index (κ2) is 5.91. The number of carbonyl (C=O) groups is 2. The lowest BCUT2D eigenvalue weighted by Gasteiger charge is -2.22. The van der Waals surface area contributed by atoms with Crippen LogP contribution < -0.4 is 0 Å². The minimum Gasteiger partial charge on any atom is -0.480 e. The van der Waals surface area contributed by atoms with Gasteiger partial charge in [0.05, 0.1) is 6.42 Å². The van der Waals surface area contributed by atoms with Crippen molar-refractivity contribution in [3.8, 4) is 0 Å². The number of nitrogens with zero attached hydrogens (tertiary/aromatic N) is 1. The number of carboxylic acid groups (broad SMARTS) is 1. The van der Waals surface area contributed by atoms with Gasteiger partial charge >= 0.3 is 18.3 Å². The van der Waals surface area contributed by atoms with E-state index in [4.69, 9.17) is 5.11 Å². The Kier molecular flexibility index (Phi) is 5.43. The molecule has 0 atom stereocenters. The number of amides is 1. The van der Waals surface area contributed by atoms with E-state index in [1.807, 2.05) is 0 Å². The average molecular weight is 281 g/mol. The van der Waals surface area contributed by atoms with Crippen LogP contribution in [-0.2, 0) is 9.59 Å². The highest BCUT2D eigenvalue weighted by molar-refractivity contribution is 5.81. The quantitative estimate of drug-likeness (QED) is 0.782. The van der Waals surface area contributed by atoms with E-state index >= 15 is 0 Å². The van der Waals surface area contributed by atoms with Crippen molar-refractivity contribution in [1.29, 1.82) is 0 Å². The number of carbonyl (C=O) groups excluding carboxylic acids is 1. The molecule has 0 aliphatic rings. The number of carboxylic acids is 1. The zero-order valence-electron chi connectivity index (χ0n) is 8.81. The highest BCUT2D eigenvalue weighted by Crippen LogP contribution is 2.23. The number of alkyl halides is 6. The van der Waals surface area contributed by atoms with Crippen LogP contribution >= 0.6 is 0 Å². The molecule has 0 bridgehead atoms. The standard InChI is InChI=1S/C8H9F6NO3/c9-7(10,11)2-1-5(16)15(3-6(17)18)4-8(12,13)14/h1-4H2,(H,17,18). The van der Waals surface area contributed by atoms with Gasteiger partial charge in [-0.2, -0.15) is 26.3 Å². The lowest BCUT2D eigenvalue weighted by atomic mass is 10.2. The van der Waals surface area contributed by atoms with Crippen LogP contribution in [0.4, 0.5) is 26.3 Å². The van der Waals surface area contributed by atoms with Crippen molar-refractivity contribution in [2.24, 2.45) is 0 Å². The van der Waals surface area contributed by atoms with Gasteiger partial charge in [0.1, 0.15) is 13.1 Å². The maximum absolute atomic E-state index is 12.0. The molecule has 0 aliphatic heterocycles. The number of aliphatic carboxylic acids is 1. The summed E-state index contributed by atoms with van der Waals surface area (Å²) >= 11 is 0. The molecule has 0 spiro atoms. The normalized spacial score (nSPS) is 12.3. The Balaban J connectivity index is 4.55. The van der Waals surface area contributed by atoms with Gasteiger partial charge in [0, 0.05) is 6.42 Å². The summed E-state index contributed by atoms with van der Waals surface area (Å²) in [4.78, 5) is 21.1. The first-order valence-electron chi connectivity index (χ1n) is 4.54. The third kappa shape index (κ3) is 8.65. The predicted molar refractivity (Wildman–Crippen MR) is 45.6 cm³/mol. The minimum absolute atomic E-state index is 0.173. The molecule has 0 fully saturated rings. The van der Waals surface area contributed by atoms with Crippen molar-refractivity contribution in [3.05, 3.63) is 0 Å². The van der Waals surface area contributed by atoms with Crippen molar-refractivity contribution >= 4 is 11.9 Å². The summed E-state index contributed by atoms with van der Waals surface area (Å²) < 4.78 is 71.3. The molecule has 0 radical (unpaired) electrons. The first kappa shape index (κ1) is 16.5. The molecule has 18 heavy (non-hydrogen) atoms. The van der Waals surface area contributed by atoms with Crippen LogP contribution in [0, 0.1) is 0 Å². The minimum atomic E-state index is -4.87. The Bertz CT molecular complexity index is 311. The number of hydrogen-bond acceptors (Lipinski definition) is 2. The molecule has 0 saturated carbocycles. The summed E-state index contributed by atoms with van der Waals surface area (Å²) in [6.07, 6.45) is -12.4. The molecule has 106 valence electrons. The molecule has 0 aliphatic carbocycles. The monoisotopic (exact) mass is 281 g/mol. The van der Waals surface area contributed by atoms with Crippen LogP contribution in [-0.4, -0.2) is 47.3 Å². The number of rotatable bonds is 5. The van der Waals surface area contributed by atoms with Gasteiger partial charge in [-0.3, -0.25) is 9.59 Å². The smallest absolute Gasteiger partial charge is 0.406 e. The fraction of sp³-hybridized carbons (Fsp3) is 0.750. The highest BCUT2D eigenvalue weighted by atomic mass is 19.4. The molecule has 0 saturated heterocycles. The zero-order chi connectivity index (χ0) is 14.6. The summed E-state index contributed by atoms with van der Waals surface area (Å²) in [6.45, 7) is -3.19. The van der Waals surface area contributed by atoms with Gasteiger partial charge in [0.25, 0.3) is 0 Å². The van der Waals surface area contributed by atoms with Crippen LogP contribution in [0.2, 0.25) is 0 Å². The molecule has 4 nitrogen and oxygen atoms in total. The van der Waals surface area contributed by atoms with Crippen molar-refractivity contribution < 1.29 is 41.0 Å². The van der Waals surface area contributed by atoms with Crippen LogP contribution in [0.15, 0.2) is 0 Å². The second-order valence-electron chi connectivity index (χ2n) is 3.37. The van der Waals surface area contributed by atoms with E-state index in [9.17, 15) is 35.9 Å². The Hall–Kier alpha value is -1.48. The van der Waals surface area contributed by atoms with E-state index in [0.29, 0.717) is 0 Å². The molecule has 0 heterocycles. The molecule has 1 N–H and O–H groups in total. The van der Waals surface area contributed by atoms with Gasteiger partial charge in [-0.15, -0.1) is 0 Å². The Morgan fingerprint density at radius 1 is 1.00 bits per heavy atom. The molecule has 0 unspecified atom stereocenters. The van der Waals surface area contributed by atoms with Gasteiger partial charge in [-0.1, -0.05) is 0 Å². The highest BCUT2D eigenvalue weighted by Gasteiger charge is 2.35. The fourth-order valence-corrected chi connectivity index (χ4v) is 1.02. The SMILES string of the molecule is O=C(O)CN(CC(F)(F)F)C(=O)CCC(F)(F)F. The Morgan fingerprint density at radius 2 is 1.50 bits per heavy atom. The molecule has 1 amide bonds. The third-order valence-corrected chi connectivity index (χ3v) is 1.67. The van der Waals surface area contributed by atoms with Crippen molar-refractivity contribution in [2.75, 3.05) is 13.1 Å². The Morgan fingerprint density at radius 3 is 1.83 bits per heavy atom. The maximum Gasteiger partial charge on any atom is 0.406 e. The summed E-state index contributed by atoms with van der Waals surface area (Å²) in [7, 11) is 0. The largest absolute Gasteiger partial charge is 0.480 e. The van der Waals surface area contributed by atoms with Crippen LogP contribution in [0.3, 0.4) is 0 Å².